The van der Waals surface area contributed by atoms with E-state index in [0.717, 1.165) is 0 Å². The number of pyridine rings is 1. The summed E-state index contributed by atoms with van der Waals surface area (Å²) >= 11 is 0. The Bertz CT molecular complexity index is 920. The maximum absolute atomic E-state index is 13.9. The van der Waals surface area contributed by atoms with Crippen LogP contribution in [-0.2, 0) is 15.7 Å². The highest BCUT2D eigenvalue weighted by Crippen LogP contribution is 2.40. The molecule has 0 aliphatic carbocycles. The topological polar surface area (TPSA) is 115 Å². The number of hydrogen-bond acceptors (Lipinski definition) is 7. The molecular formula is C22H29F3N2O7. The van der Waals surface area contributed by atoms with Crippen molar-refractivity contribution in [2.75, 3.05) is 4.90 Å². The van der Waals surface area contributed by atoms with Gasteiger partial charge in [-0.3, -0.25) is 0 Å². The van der Waals surface area contributed by atoms with Gasteiger partial charge in [0.25, 0.3) is 0 Å². The highest BCUT2D eigenvalue weighted by Gasteiger charge is 2.42. The van der Waals surface area contributed by atoms with Crippen LogP contribution in [0.15, 0.2) is 18.7 Å². The lowest BCUT2D eigenvalue weighted by atomic mass is 10.1. The van der Waals surface area contributed by atoms with Crippen molar-refractivity contribution in [3.63, 3.8) is 0 Å². The molecule has 0 fully saturated rings. The number of carboxylic acids is 1. The molecule has 0 saturated carbocycles. The standard InChI is InChI=1S/C22H29F3N2O7/c1-9-10-12(2)32-16-13(22(23,24)25)11-14(15(26-16)17(28)29)27(18(30)33-20(3,4)5)19(31)34-21(6,7)8/h9,11-12H,1,10H2,2-8H3,(H,28,29)/t12-/m1/s1. The van der Waals surface area contributed by atoms with Crippen LogP contribution in [0.1, 0.15) is 70.9 Å². The third kappa shape index (κ3) is 8.23. The highest BCUT2D eigenvalue weighted by atomic mass is 19.4. The van der Waals surface area contributed by atoms with Crippen molar-refractivity contribution in [2.24, 2.45) is 0 Å². The molecule has 34 heavy (non-hydrogen) atoms. The number of ether oxygens (including phenoxy) is 3. The third-order valence-corrected chi connectivity index (χ3v) is 3.68. The van der Waals surface area contributed by atoms with Gasteiger partial charge in [0, 0.05) is 6.42 Å². The molecule has 9 nitrogen and oxygen atoms in total. The molecule has 1 rings (SSSR count). The Hall–Kier alpha value is -3.31. The summed E-state index contributed by atoms with van der Waals surface area (Å²) in [6.45, 7) is 13.6. The number of amides is 2. The van der Waals surface area contributed by atoms with Crippen LogP contribution in [0.25, 0.3) is 0 Å². The molecule has 0 aliphatic rings. The van der Waals surface area contributed by atoms with E-state index in [-0.39, 0.29) is 11.3 Å². The van der Waals surface area contributed by atoms with Crippen LogP contribution in [0.2, 0.25) is 0 Å². The Morgan fingerprint density at radius 1 is 1.09 bits per heavy atom. The average molecular weight is 490 g/mol. The normalized spacial score (nSPS) is 13.0. The van der Waals surface area contributed by atoms with Gasteiger partial charge < -0.3 is 19.3 Å². The van der Waals surface area contributed by atoms with Crippen molar-refractivity contribution in [3.05, 3.63) is 30.0 Å². The Balaban J connectivity index is 3.87. The SMILES string of the molecule is C=CC[C@@H](C)Oc1nc(C(=O)O)c(N(C(=O)OC(C)(C)C)C(=O)OC(C)(C)C)cc1C(F)(F)F. The molecule has 190 valence electrons. The highest BCUT2D eigenvalue weighted by molar-refractivity contribution is 6.12. The summed E-state index contributed by atoms with van der Waals surface area (Å²) in [5, 5.41) is 9.65. The van der Waals surface area contributed by atoms with Crippen LogP contribution in [0.3, 0.4) is 0 Å². The quantitative estimate of drug-likeness (QED) is 0.496. The first-order chi connectivity index (χ1) is 15.3. The fourth-order valence-electron chi connectivity index (χ4n) is 2.47. The summed E-state index contributed by atoms with van der Waals surface area (Å²) in [5.41, 5.74) is -5.90. The number of carboxylic acid groups (broad SMARTS) is 1. The smallest absolute Gasteiger partial charge is 0.424 e. The molecule has 0 saturated heterocycles. The fourth-order valence-corrected chi connectivity index (χ4v) is 2.47. The first-order valence-electron chi connectivity index (χ1n) is 10.2. The number of aromatic nitrogens is 1. The van der Waals surface area contributed by atoms with Gasteiger partial charge in [-0.05, 0) is 54.5 Å². The molecule has 0 spiro atoms. The Labute approximate surface area is 195 Å². The minimum absolute atomic E-state index is 0.0686. The summed E-state index contributed by atoms with van der Waals surface area (Å²) in [6, 6.07) is 0.292. The van der Waals surface area contributed by atoms with E-state index in [1.165, 1.54) is 54.5 Å². The van der Waals surface area contributed by atoms with Gasteiger partial charge in [-0.25, -0.2) is 19.4 Å². The first-order valence-corrected chi connectivity index (χ1v) is 10.2. The number of anilines is 1. The van der Waals surface area contributed by atoms with Gasteiger partial charge in [0.05, 0.1) is 5.69 Å². The zero-order valence-corrected chi connectivity index (χ0v) is 20.1. The minimum Gasteiger partial charge on any atom is -0.476 e. The van der Waals surface area contributed by atoms with Gasteiger partial charge in [0.15, 0.2) is 5.69 Å². The van der Waals surface area contributed by atoms with E-state index >= 15 is 0 Å². The predicted octanol–water partition coefficient (Wildman–Crippen LogP) is 5.82. The molecular weight excluding hydrogens is 461 g/mol. The summed E-state index contributed by atoms with van der Waals surface area (Å²) < 4.78 is 57.0. The summed E-state index contributed by atoms with van der Waals surface area (Å²) in [6.07, 6.45) is -7.26. The van der Waals surface area contributed by atoms with Gasteiger partial charge in [0.2, 0.25) is 5.88 Å². The zero-order chi connectivity index (χ0) is 26.6. The van der Waals surface area contributed by atoms with E-state index in [1.54, 1.807) is 0 Å². The molecule has 0 radical (unpaired) electrons. The van der Waals surface area contributed by atoms with Crippen molar-refractivity contribution >= 4 is 23.8 Å². The number of aromatic carboxylic acids is 1. The molecule has 1 atom stereocenters. The third-order valence-electron chi connectivity index (χ3n) is 3.68. The Morgan fingerprint density at radius 2 is 1.56 bits per heavy atom. The lowest BCUT2D eigenvalue weighted by Crippen LogP contribution is -2.44. The van der Waals surface area contributed by atoms with Crippen molar-refractivity contribution in [3.8, 4) is 5.88 Å². The monoisotopic (exact) mass is 490 g/mol. The van der Waals surface area contributed by atoms with Crippen LogP contribution in [-0.4, -0.2) is 45.6 Å². The number of alkyl halides is 3. The van der Waals surface area contributed by atoms with Crippen molar-refractivity contribution in [1.29, 1.82) is 0 Å². The van der Waals surface area contributed by atoms with Crippen LogP contribution < -0.4 is 9.64 Å². The van der Waals surface area contributed by atoms with Gasteiger partial charge in [-0.15, -0.1) is 6.58 Å². The van der Waals surface area contributed by atoms with E-state index in [1.807, 2.05) is 0 Å². The largest absolute Gasteiger partial charge is 0.476 e. The van der Waals surface area contributed by atoms with E-state index in [4.69, 9.17) is 14.2 Å². The molecule has 1 heterocycles. The van der Waals surface area contributed by atoms with E-state index < -0.39 is 64.5 Å². The second kappa shape index (κ2) is 10.3. The Morgan fingerprint density at radius 3 is 1.91 bits per heavy atom. The summed E-state index contributed by atoms with van der Waals surface area (Å²) in [4.78, 5) is 41.2. The van der Waals surface area contributed by atoms with E-state index in [9.17, 15) is 32.7 Å². The number of halogens is 3. The van der Waals surface area contributed by atoms with Gasteiger partial charge in [-0.1, -0.05) is 6.08 Å². The fraction of sp³-hybridized carbons (Fsp3) is 0.545. The van der Waals surface area contributed by atoms with Crippen LogP contribution in [0, 0.1) is 0 Å². The number of nitrogens with zero attached hydrogens (tertiary/aromatic N) is 2. The van der Waals surface area contributed by atoms with Gasteiger partial charge in [0.1, 0.15) is 22.9 Å². The molecule has 0 bridgehead atoms. The molecule has 1 aromatic heterocycles. The predicted molar refractivity (Wildman–Crippen MR) is 116 cm³/mol. The lowest BCUT2D eigenvalue weighted by molar-refractivity contribution is -0.139. The molecule has 0 unspecified atom stereocenters. The van der Waals surface area contributed by atoms with Gasteiger partial charge in [-0.2, -0.15) is 18.1 Å². The number of carbonyl (C=O) groups is 3. The number of carbonyl (C=O) groups excluding carboxylic acids is 2. The van der Waals surface area contributed by atoms with Crippen LogP contribution in [0.4, 0.5) is 28.4 Å². The Kier molecular flexibility index (Phi) is 8.71. The lowest BCUT2D eigenvalue weighted by Gasteiger charge is -2.29. The van der Waals surface area contributed by atoms with E-state index in [0.29, 0.717) is 6.07 Å². The van der Waals surface area contributed by atoms with Crippen LogP contribution in [0.5, 0.6) is 5.88 Å². The molecule has 1 aromatic rings. The summed E-state index contributed by atoms with van der Waals surface area (Å²) in [7, 11) is 0. The van der Waals surface area contributed by atoms with Crippen molar-refractivity contribution in [1.82, 2.24) is 4.98 Å². The first kappa shape index (κ1) is 28.7. The zero-order valence-electron chi connectivity index (χ0n) is 20.1. The average Bonchev–Trinajstić information content (AvgIpc) is 2.58. The number of rotatable bonds is 6. The summed E-state index contributed by atoms with van der Waals surface area (Å²) in [5.74, 6) is -2.85. The number of hydrogen-bond donors (Lipinski definition) is 1. The number of imide groups is 1. The molecule has 1 N–H and O–H groups in total. The van der Waals surface area contributed by atoms with Crippen LogP contribution >= 0.6 is 0 Å². The van der Waals surface area contributed by atoms with E-state index in [2.05, 4.69) is 11.6 Å². The van der Waals surface area contributed by atoms with Crippen molar-refractivity contribution < 1.29 is 46.9 Å². The molecule has 2 amide bonds. The maximum Gasteiger partial charge on any atom is 0.424 e. The molecule has 12 heteroatoms. The second-order valence-corrected chi connectivity index (χ2v) is 9.26. The second-order valence-electron chi connectivity index (χ2n) is 9.26. The molecule has 0 aromatic carbocycles. The molecule has 0 aliphatic heterocycles. The van der Waals surface area contributed by atoms with Crippen molar-refractivity contribution in [2.45, 2.75) is 78.4 Å². The maximum atomic E-state index is 13.9. The van der Waals surface area contributed by atoms with Gasteiger partial charge >= 0.3 is 24.3 Å². The minimum atomic E-state index is -5.07.